The van der Waals surface area contributed by atoms with Gasteiger partial charge in [0.1, 0.15) is 0 Å². The van der Waals surface area contributed by atoms with Gasteiger partial charge in [-0.05, 0) is 49.9 Å². The molecule has 4 heteroatoms. The van der Waals surface area contributed by atoms with Crippen molar-refractivity contribution in [2.24, 2.45) is 5.92 Å². The van der Waals surface area contributed by atoms with Crippen molar-refractivity contribution in [3.8, 4) is 0 Å². The van der Waals surface area contributed by atoms with Crippen LogP contribution in [0.2, 0.25) is 0 Å². The molecule has 0 radical (unpaired) electrons. The fourth-order valence-electron chi connectivity index (χ4n) is 3.20. The van der Waals surface area contributed by atoms with E-state index in [1.165, 1.54) is 32.4 Å². The molecule has 1 saturated heterocycles. The van der Waals surface area contributed by atoms with Gasteiger partial charge in [-0.3, -0.25) is 4.79 Å². The third-order valence-electron chi connectivity index (χ3n) is 4.46. The summed E-state index contributed by atoms with van der Waals surface area (Å²) in [5.41, 5.74) is 2.08. The van der Waals surface area contributed by atoms with E-state index in [9.17, 15) is 4.79 Å². The maximum atomic E-state index is 11.2. The zero-order valence-electron chi connectivity index (χ0n) is 12.8. The Labute approximate surface area is 126 Å². The van der Waals surface area contributed by atoms with Gasteiger partial charge >= 0.3 is 0 Å². The summed E-state index contributed by atoms with van der Waals surface area (Å²) < 4.78 is 0. The molecule has 1 saturated carbocycles. The highest BCUT2D eigenvalue weighted by molar-refractivity contribution is 5.89. The Kier molecular flexibility index (Phi) is 4.56. The first-order valence-electron chi connectivity index (χ1n) is 8.02. The highest BCUT2D eigenvalue weighted by Gasteiger charge is 2.33. The molecule has 1 aromatic carbocycles. The molecule has 1 amide bonds. The van der Waals surface area contributed by atoms with Gasteiger partial charge < -0.3 is 15.5 Å². The van der Waals surface area contributed by atoms with Gasteiger partial charge in [0, 0.05) is 31.7 Å². The first kappa shape index (κ1) is 14.5. The molecular weight excluding hydrogens is 262 g/mol. The van der Waals surface area contributed by atoms with Crippen LogP contribution in [-0.2, 0) is 11.3 Å². The second-order valence-corrected chi connectivity index (χ2v) is 6.35. The van der Waals surface area contributed by atoms with Gasteiger partial charge in [-0.25, -0.2) is 0 Å². The lowest BCUT2D eigenvalue weighted by Crippen LogP contribution is -2.27. The van der Waals surface area contributed by atoms with Crippen molar-refractivity contribution >= 4 is 11.6 Å². The predicted octanol–water partition coefficient (Wildman–Crippen LogP) is 2.22. The molecule has 1 aliphatic carbocycles. The van der Waals surface area contributed by atoms with Crippen LogP contribution < -0.4 is 10.6 Å². The van der Waals surface area contributed by atoms with Crippen LogP contribution in [0, 0.1) is 5.92 Å². The molecule has 1 heterocycles. The van der Waals surface area contributed by atoms with Crippen molar-refractivity contribution in [1.82, 2.24) is 10.2 Å². The third kappa shape index (κ3) is 4.05. The Hall–Kier alpha value is -1.39. The summed E-state index contributed by atoms with van der Waals surface area (Å²) in [6.07, 6.45) is 4.13. The van der Waals surface area contributed by atoms with E-state index >= 15 is 0 Å². The minimum absolute atomic E-state index is 0.0154. The van der Waals surface area contributed by atoms with Gasteiger partial charge in [0.05, 0.1) is 0 Å². The normalized spacial score (nSPS) is 22.4. The molecule has 1 aromatic rings. The van der Waals surface area contributed by atoms with Crippen LogP contribution in [0.1, 0.15) is 31.7 Å². The minimum Gasteiger partial charge on any atom is -0.326 e. The Balaban J connectivity index is 1.46. The van der Waals surface area contributed by atoms with Crippen molar-refractivity contribution in [1.29, 1.82) is 0 Å². The number of nitrogens with zero attached hydrogens (tertiary/aromatic N) is 1. The summed E-state index contributed by atoms with van der Waals surface area (Å²) in [5.74, 6) is 0.761. The first-order valence-corrected chi connectivity index (χ1v) is 8.02. The number of para-hydroxylation sites is 1. The summed E-state index contributed by atoms with van der Waals surface area (Å²) in [6, 6.07) is 8.91. The van der Waals surface area contributed by atoms with E-state index in [1.54, 1.807) is 6.92 Å². The van der Waals surface area contributed by atoms with E-state index < -0.39 is 0 Å². The molecule has 0 aromatic heterocycles. The second-order valence-electron chi connectivity index (χ2n) is 6.35. The molecule has 2 N–H and O–H groups in total. The lowest BCUT2D eigenvalue weighted by Gasteiger charge is -2.16. The quantitative estimate of drug-likeness (QED) is 0.843. The van der Waals surface area contributed by atoms with Crippen molar-refractivity contribution in [2.75, 3.05) is 25.0 Å². The topological polar surface area (TPSA) is 44.4 Å². The zero-order chi connectivity index (χ0) is 14.7. The lowest BCUT2D eigenvalue weighted by molar-refractivity contribution is -0.114. The molecule has 4 nitrogen and oxygen atoms in total. The molecular formula is C17H25N3O. The number of amides is 1. The van der Waals surface area contributed by atoms with Crippen LogP contribution >= 0.6 is 0 Å². The Morgan fingerprint density at radius 1 is 1.29 bits per heavy atom. The SMILES string of the molecule is CC(=O)Nc1ccccc1CNCC1CCN(C2CC2)C1. The number of rotatable bonds is 6. The van der Waals surface area contributed by atoms with Crippen LogP contribution in [-0.4, -0.2) is 36.5 Å². The van der Waals surface area contributed by atoms with Crippen molar-refractivity contribution in [3.63, 3.8) is 0 Å². The maximum Gasteiger partial charge on any atom is 0.221 e. The largest absolute Gasteiger partial charge is 0.326 e. The number of carbonyl (C=O) groups is 1. The van der Waals surface area contributed by atoms with E-state index in [4.69, 9.17) is 0 Å². The highest BCUT2D eigenvalue weighted by atomic mass is 16.1. The summed E-state index contributed by atoms with van der Waals surface area (Å²) in [6.45, 7) is 5.97. The molecule has 21 heavy (non-hydrogen) atoms. The van der Waals surface area contributed by atoms with Gasteiger partial charge in [-0.15, -0.1) is 0 Å². The smallest absolute Gasteiger partial charge is 0.221 e. The first-order chi connectivity index (χ1) is 10.2. The van der Waals surface area contributed by atoms with Gasteiger partial charge in [0.15, 0.2) is 0 Å². The molecule has 114 valence electrons. The number of anilines is 1. The Morgan fingerprint density at radius 3 is 2.86 bits per heavy atom. The number of likely N-dealkylation sites (tertiary alicyclic amines) is 1. The molecule has 1 aliphatic heterocycles. The number of carbonyl (C=O) groups excluding carboxylic acids is 1. The molecule has 0 bridgehead atoms. The monoisotopic (exact) mass is 287 g/mol. The summed E-state index contributed by atoms with van der Waals surface area (Å²) >= 11 is 0. The molecule has 2 fully saturated rings. The van der Waals surface area contributed by atoms with E-state index in [1.807, 2.05) is 18.2 Å². The van der Waals surface area contributed by atoms with Crippen LogP contribution in [0.25, 0.3) is 0 Å². The van der Waals surface area contributed by atoms with Crippen molar-refractivity contribution < 1.29 is 4.79 Å². The van der Waals surface area contributed by atoms with Crippen molar-refractivity contribution in [2.45, 2.75) is 38.8 Å². The fourth-order valence-corrected chi connectivity index (χ4v) is 3.20. The second kappa shape index (κ2) is 6.58. The average molecular weight is 287 g/mol. The maximum absolute atomic E-state index is 11.2. The van der Waals surface area contributed by atoms with E-state index in [0.717, 1.165) is 36.3 Å². The number of nitrogens with one attached hydrogen (secondary N) is 2. The fraction of sp³-hybridized carbons (Fsp3) is 0.588. The standard InChI is InChI=1S/C17H25N3O/c1-13(21)19-17-5-3-2-4-15(17)11-18-10-14-8-9-20(12-14)16-6-7-16/h2-5,14,16,18H,6-12H2,1H3,(H,19,21). The zero-order valence-corrected chi connectivity index (χ0v) is 12.8. The van der Waals surface area contributed by atoms with Crippen LogP contribution in [0.3, 0.4) is 0 Å². The third-order valence-corrected chi connectivity index (χ3v) is 4.46. The number of hydrogen-bond acceptors (Lipinski definition) is 3. The Bertz CT molecular complexity index is 499. The molecule has 2 aliphatic rings. The average Bonchev–Trinajstić information content (AvgIpc) is 3.20. The number of hydrogen-bond donors (Lipinski definition) is 2. The number of benzene rings is 1. The van der Waals surface area contributed by atoms with Gasteiger partial charge in [-0.2, -0.15) is 0 Å². The minimum atomic E-state index is -0.0154. The molecule has 3 rings (SSSR count). The molecule has 0 spiro atoms. The molecule has 1 atom stereocenters. The Morgan fingerprint density at radius 2 is 2.10 bits per heavy atom. The van der Waals surface area contributed by atoms with Crippen LogP contribution in [0.4, 0.5) is 5.69 Å². The van der Waals surface area contributed by atoms with E-state index in [-0.39, 0.29) is 5.91 Å². The molecule has 1 unspecified atom stereocenters. The van der Waals surface area contributed by atoms with E-state index in [2.05, 4.69) is 21.6 Å². The summed E-state index contributed by atoms with van der Waals surface area (Å²) in [4.78, 5) is 13.9. The lowest BCUT2D eigenvalue weighted by atomic mass is 10.1. The van der Waals surface area contributed by atoms with Gasteiger partial charge in [0.25, 0.3) is 0 Å². The summed E-state index contributed by atoms with van der Waals surface area (Å²) in [7, 11) is 0. The summed E-state index contributed by atoms with van der Waals surface area (Å²) in [5, 5.41) is 6.45. The van der Waals surface area contributed by atoms with Gasteiger partial charge in [-0.1, -0.05) is 18.2 Å². The van der Waals surface area contributed by atoms with Gasteiger partial charge in [0.2, 0.25) is 5.91 Å². The van der Waals surface area contributed by atoms with Crippen molar-refractivity contribution in [3.05, 3.63) is 29.8 Å². The van der Waals surface area contributed by atoms with E-state index in [0.29, 0.717) is 0 Å². The predicted molar refractivity (Wildman–Crippen MR) is 85.2 cm³/mol. The van der Waals surface area contributed by atoms with Crippen LogP contribution in [0.5, 0.6) is 0 Å². The van der Waals surface area contributed by atoms with Crippen LogP contribution in [0.15, 0.2) is 24.3 Å². The highest BCUT2D eigenvalue weighted by Crippen LogP contribution is 2.31.